The summed E-state index contributed by atoms with van der Waals surface area (Å²) in [4.78, 5) is 23.5. The number of nitrogens with one attached hydrogen (secondary N) is 2. The van der Waals surface area contributed by atoms with E-state index >= 15 is 0 Å². The van der Waals surface area contributed by atoms with Gasteiger partial charge >= 0.3 is 0 Å². The Labute approximate surface area is 141 Å². The number of hydrogen-bond acceptors (Lipinski definition) is 5. The molecule has 7 heteroatoms. The summed E-state index contributed by atoms with van der Waals surface area (Å²) in [6, 6.07) is 5.11. The Morgan fingerprint density at radius 3 is 2.75 bits per heavy atom. The zero-order chi connectivity index (χ0) is 17.4. The first-order valence-electron chi connectivity index (χ1n) is 8.07. The first-order valence-corrected chi connectivity index (χ1v) is 8.07. The van der Waals surface area contributed by atoms with E-state index in [4.69, 9.17) is 4.74 Å². The molecule has 1 saturated carbocycles. The van der Waals surface area contributed by atoms with Crippen molar-refractivity contribution < 1.29 is 19.4 Å². The van der Waals surface area contributed by atoms with E-state index in [1.54, 1.807) is 18.2 Å². The Kier molecular flexibility index (Phi) is 6.60. The molecule has 24 heavy (non-hydrogen) atoms. The lowest BCUT2D eigenvalue weighted by molar-refractivity contribution is -0.129. The van der Waals surface area contributed by atoms with E-state index in [9.17, 15) is 14.7 Å². The van der Waals surface area contributed by atoms with Gasteiger partial charge < -0.3 is 15.2 Å². The van der Waals surface area contributed by atoms with Crippen molar-refractivity contribution in [1.82, 2.24) is 10.7 Å². The predicted molar refractivity (Wildman–Crippen MR) is 90.0 cm³/mol. The molecule has 0 heterocycles. The number of hydrazone groups is 1. The van der Waals surface area contributed by atoms with Gasteiger partial charge in [-0.15, -0.1) is 0 Å². The third-order valence-corrected chi connectivity index (χ3v) is 3.93. The molecule has 0 unspecified atom stereocenters. The number of amides is 2. The van der Waals surface area contributed by atoms with Crippen LogP contribution in [0, 0.1) is 0 Å². The number of phenolic OH excluding ortho intramolecular Hbond substituents is 1. The Hall–Kier alpha value is -2.57. The summed E-state index contributed by atoms with van der Waals surface area (Å²) in [6.45, 7) is 0. The normalized spacial score (nSPS) is 15.2. The van der Waals surface area contributed by atoms with Crippen molar-refractivity contribution in [3.05, 3.63) is 23.8 Å². The minimum absolute atomic E-state index is 0.0620. The summed E-state index contributed by atoms with van der Waals surface area (Å²) in [7, 11) is 1.45. The molecule has 130 valence electrons. The minimum atomic E-state index is -0.498. The summed E-state index contributed by atoms with van der Waals surface area (Å²) in [6.07, 6.45) is 6.42. The monoisotopic (exact) mass is 333 g/mol. The highest BCUT2D eigenvalue weighted by molar-refractivity contribution is 5.97. The molecule has 1 fully saturated rings. The number of phenols is 1. The quantitative estimate of drug-likeness (QED) is 0.419. The number of hydrogen-bond donors (Lipinski definition) is 3. The van der Waals surface area contributed by atoms with Crippen molar-refractivity contribution in [3.8, 4) is 11.5 Å². The molecule has 2 amide bonds. The van der Waals surface area contributed by atoms with Crippen molar-refractivity contribution in [1.29, 1.82) is 0 Å². The summed E-state index contributed by atoms with van der Waals surface area (Å²) in [5, 5.41) is 16.5. The van der Waals surface area contributed by atoms with Crippen molar-refractivity contribution in [2.24, 2.45) is 5.10 Å². The molecule has 0 saturated heterocycles. The van der Waals surface area contributed by atoms with Gasteiger partial charge in [-0.3, -0.25) is 9.59 Å². The number of nitrogens with zero attached hydrogens (tertiary/aromatic N) is 1. The second kappa shape index (κ2) is 8.90. The number of carbonyl (C=O) groups excluding carboxylic acids is 2. The van der Waals surface area contributed by atoms with Gasteiger partial charge in [0, 0.05) is 11.6 Å². The van der Waals surface area contributed by atoms with Gasteiger partial charge in [-0.25, -0.2) is 5.43 Å². The number of benzene rings is 1. The summed E-state index contributed by atoms with van der Waals surface area (Å²) in [5.74, 6) is -0.536. The smallest absolute Gasteiger partial charge is 0.249 e. The third kappa shape index (κ3) is 5.26. The van der Waals surface area contributed by atoms with Gasteiger partial charge in [0.05, 0.1) is 13.3 Å². The molecule has 1 aromatic carbocycles. The molecule has 0 aliphatic heterocycles. The van der Waals surface area contributed by atoms with Crippen LogP contribution >= 0.6 is 0 Å². The lowest BCUT2D eigenvalue weighted by Gasteiger charge is -2.22. The maximum absolute atomic E-state index is 11.8. The Balaban J connectivity index is 1.79. The SMILES string of the molecule is COc1cccc(C=NNC(=O)CC(=O)NC2CCCCC2)c1O. The molecule has 7 nitrogen and oxygen atoms in total. The fourth-order valence-corrected chi connectivity index (χ4v) is 2.69. The molecule has 1 aliphatic rings. The third-order valence-electron chi connectivity index (χ3n) is 3.93. The highest BCUT2D eigenvalue weighted by Crippen LogP contribution is 2.27. The van der Waals surface area contributed by atoms with E-state index in [1.807, 2.05) is 0 Å². The van der Waals surface area contributed by atoms with E-state index < -0.39 is 5.91 Å². The van der Waals surface area contributed by atoms with Crippen LogP contribution in [-0.2, 0) is 9.59 Å². The van der Waals surface area contributed by atoms with Crippen molar-refractivity contribution in [2.45, 2.75) is 44.6 Å². The maximum atomic E-state index is 11.8. The van der Waals surface area contributed by atoms with Gasteiger partial charge in [0.15, 0.2) is 11.5 Å². The minimum Gasteiger partial charge on any atom is -0.504 e. The number of para-hydroxylation sites is 1. The zero-order valence-electron chi connectivity index (χ0n) is 13.7. The van der Waals surface area contributed by atoms with Gasteiger partial charge in [0.2, 0.25) is 11.8 Å². The largest absolute Gasteiger partial charge is 0.504 e. The van der Waals surface area contributed by atoms with Crippen LogP contribution in [-0.4, -0.2) is 36.3 Å². The fourth-order valence-electron chi connectivity index (χ4n) is 2.69. The lowest BCUT2D eigenvalue weighted by Crippen LogP contribution is -2.38. The van der Waals surface area contributed by atoms with Crippen LogP contribution in [0.1, 0.15) is 44.1 Å². The lowest BCUT2D eigenvalue weighted by atomic mass is 9.95. The van der Waals surface area contributed by atoms with E-state index in [2.05, 4.69) is 15.8 Å². The van der Waals surface area contributed by atoms with Gasteiger partial charge in [0.1, 0.15) is 6.42 Å². The molecule has 1 aliphatic carbocycles. The molecular formula is C17H23N3O4. The molecular weight excluding hydrogens is 310 g/mol. The number of ether oxygens (including phenoxy) is 1. The van der Waals surface area contributed by atoms with Crippen molar-refractivity contribution >= 4 is 18.0 Å². The summed E-state index contributed by atoms with van der Waals surface area (Å²) in [5.41, 5.74) is 2.69. The topological polar surface area (TPSA) is 100 Å². The standard InChI is InChI=1S/C17H23N3O4/c1-24-14-9-5-6-12(17(14)23)11-18-20-16(22)10-15(21)19-13-7-3-2-4-8-13/h5-6,9,11,13,23H,2-4,7-8,10H2,1H3,(H,19,21)(H,20,22). The van der Waals surface area contributed by atoms with Crippen molar-refractivity contribution in [2.75, 3.05) is 7.11 Å². The number of aromatic hydroxyl groups is 1. The Morgan fingerprint density at radius 1 is 1.29 bits per heavy atom. The van der Waals surface area contributed by atoms with Crippen molar-refractivity contribution in [3.63, 3.8) is 0 Å². The second-order valence-electron chi connectivity index (χ2n) is 5.77. The van der Waals surface area contributed by atoms with Crippen LogP contribution in [0.3, 0.4) is 0 Å². The molecule has 0 radical (unpaired) electrons. The molecule has 0 spiro atoms. The second-order valence-corrected chi connectivity index (χ2v) is 5.77. The van der Waals surface area contributed by atoms with E-state index in [1.165, 1.54) is 19.7 Å². The van der Waals surface area contributed by atoms with Gasteiger partial charge in [-0.05, 0) is 25.0 Å². The highest BCUT2D eigenvalue weighted by atomic mass is 16.5. The average molecular weight is 333 g/mol. The van der Waals surface area contributed by atoms with Gasteiger partial charge in [0.25, 0.3) is 0 Å². The van der Waals surface area contributed by atoms with Crippen LogP contribution in [0.4, 0.5) is 0 Å². The van der Waals surface area contributed by atoms with Gasteiger partial charge in [-0.1, -0.05) is 25.3 Å². The van der Waals surface area contributed by atoms with E-state index in [0.29, 0.717) is 11.3 Å². The molecule has 0 atom stereocenters. The molecule has 2 rings (SSSR count). The summed E-state index contributed by atoms with van der Waals surface area (Å²) >= 11 is 0. The van der Waals surface area contributed by atoms with E-state index in [-0.39, 0.29) is 24.1 Å². The first kappa shape index (κ1) is 17.8. The number of methoxy groups -OCH3 is 1. The molecule has 3 N–H and O–H groups in total. The predicted octanol–water partition coefficient (Wildman–Crippen LogP) is 1.69. The van der Waals surface area contributed by atoms with Crippen LogP contribution in [0.5, 0.6) is 11.5 Å². The first-order chi connectivity index (χ1) is 11.6. The highest BCUT2D eigenvalue weighted by Gasteiger charge is 2.17. The molecule has 1 aromatic rings. The van der Waals surface area contributed by atoms with E-state index in [0.717, 1.165) is 25.7 Å². The zero-order valence-corrected chi connectivity index (χ0v) is 13.7. The van der Waals surface area contributed by atoms with Crippen LogP contribution in [0.2, 0.25) is 0 Å². The van der Waals surface area contributed by atoms with Gasteiger partial charge in [-0.2, -0.15) is 5.10 Å². The number of carbonyl (C=O) groups is 2. The fraction of sp³-hybridized carbons (Fsp3) is 0.471. The average Bonchev–Trinajstić information content (AvgIpc) is 2.57. The molecule has 0 bridgehead atoms. The molecule has 0 aromatic heterocycles. The van der Waals surface area contributed by atoms with Crippen LogP contribution in [0.15, 0.2) is 23.3 Å². The number of rotatable bonds is 6. The Bertz CT molecular complexity index is 610. The summed E-state index contributed by atoms with van der Waals surface area (Å²) < 4.78 is 4.99. The van der Waals surface area contributed by atoms with Crippen LogP contribution in [0.25, 0.3) is 0 Å². The maximum Gasteiger partial charge on any atom is 0.249 e. The van der Waals surface area contributed by atoms with Crippen LogP contribution < -0.4 is 15.5 Å². The Morgan fingerprint density at radius 2 is 2.04 bits per heavy atom.